The molecule has 2 rings (SSSR count). The predicted octanol–water partition coefficient (Wildman–Crippen LogP) is 1.87. The predicted molar refractivity (Wildman–Crippen MR) is 95.4 cm³/mol. The van der Waals surface area contributed by atoms with E-state index in [1.165, 1.54) is 0 Å². The van der Waals surface area contributed by atoms with Gasteiger partial charge >= 0.3 is 0 Å². The lowest BCUT2D eigenvalue weighted by molar-refractivity contribution is -0.127. The molecule has 6 nitrogen and oxygen atoms in total. The van der Waals surface area contributed by atoms with Gasteiger partial charge in [0.2, 0.25) is 5.91 Å². The van der Waals surface area contributed by atoms with Crippen molar-refractivity contribution in [1.82, 2.24) is 14.7 Å². The Morgan fingerprint density at radius 3 is 2.62 bits per heavy atom. The van der Waals surface area contributed by atoms with E-state index in [0.29, 0.717) is 13.0 Å². The minimum atomic E-state index is -3.01. The zero-order valence-electron chi connectivity index (χ0n) is 14.9. The van der Waals surface area contributed by atoms with Crippen LogP contribution in [0.3, 0.4) is 0 Å². The van der Waals surface area contributed by atoms with Crippen molar-refractivity contribution in [2.75, 3.05) is 18.1 Å². The second-order valence-corrected chi connectivity index (χ2v) is 8.71. The molecular formula is C17H27N3O3S. The van der Waals surface area contributed by atoms with Gasteiger partial charge in [-0.1, -0.05) is 13.3 Å². The van der Waals surface area contributed by atoms with Crippen molar-refractivity contribution < 1.29 is 13.2 Å². The van der Waals surface area contributed by atoms with E-state index in [1.807, 2.05) is 20.9 Å². The smallest absolute Gasteiger partial charge is 0.246 e. The molecule has 134 valence electrons. The summed E-state index contributed by atoms with van der Waals surface area (Å²) in [5.41, 5.74) is 2.82. The van der Waals surface area contributed by atoms with Gasteiger partial charge in [-0.2, -0.15) is 5.10 Å². The summed E-state index contributed by atoms with van der Waals surface area (Å²) in [4.78, 5) is 14.4. The average Bonchev–Trinajstić information content (AvgIpc) is 2.98. The number of sulfone groups is 1. The standard InChI is InChI=1S/C17H27N3O3S/c1-5-6-10-20(15-9-11-24(22,23)12-15)17(21)8-7-16-13(2)18-19(4)14(16)3/h7-8,15H,5-6,9-12H2,1-4H3/b8-7+. The summed E-state index contributed by atoms with van der Waals surface area (Å²) in [6.45, 7) is 6.54. The second kappa shape index (κ2) is 7.51. The topological polar surface area (TPSA) is 72.3 Å². The molecule has 1 unspecified atom stereocenters. The normalized spacial score (nSPS) is 19.9. The zero-order valence-corrected chi connectivity index (χ0v) is 15.8. The van der Waals surface area contributed by atoms with Crippen LogP contribution in [0.2, 0.25) is 0 Å². The fraction of sp³-hybridized carbons (Fsp3) is 0.647. The molecule has 1 amide bonds. The van der Waals surface area contributed by atoms with Crippen LogP contribution in [0.1, 0.15) is 43.1 Å². The Bertz CT molecular complexity index is 735. The second-order valence-electron chi connectivity index (χ2n) is 6.48. The third-order valence-electron chi connectivity index (χ3n) is 4.64. The summed E-state index contributed by atoms with van der Waals surface area (Å²) >= 11 is 0. The molecule has 0 saturated carbocycles. The Labute approximate surface area is 144 Å². The maximum Gasteiger partial charge on any atom is 0.246 e. The van der Waals surface area contributed by atoms with Crippen LogP contribution in [0.4, 0.5) is 0 Å². The van der Waals surface area contributed by atoms with Crippen LogP contribution in [0.15, 0.2) is 6.08 Å². The average molecular weight is 353 g/mol. The van der Waals surface area contributed by atoms with E-state index in [9.17, 15) is 13.2 Å². The van der Waals surface area contributed by atoms with Gasteiger partial charge in [0.1, 0.15) is 0 Å². The first-order valence-electron chi connectivity index (χ1n) is 8.44. The van der Waals surface area contributed by atoms with E-state index in [0.717, 1.165) is 29.8 Å². The van der Waals surface area contributed by atoms with Crippen LogP contribution >= 0.6 is 0 Å². The third-order valence-corrected chi connectivity index (χ3v) is 6.39. The highest BCUT2D eigenvalue weighted by Gasteiger charge is 2.33. The maximum absolute atomic E-state index is 12.7. The minimum Gasteiger partial charge on any atom is -0.335 e. The van der Waals surface area contributed by atoms with Crippen LogP contribution in [-0.2, 0) is 21.7 Å². The lowest BCUT2D eigenvalue weighted by Crippen LogP contribution is -2.40. The molecule has 0 N–H and O–H groups in total. The van der Waals surface area contributed by atoms with E-state index >= 15 is 0 Å². The quantitative estimate of drug-likeness (QED) is 0.732. The summed E-state index contributed by atoms with van der Waals surface area (Å²) in [5, 5.41) is 4.34. The van der Waals surface area contributed by atoms with Crippen LogP contribution < -0.4 is 0 Å². The molecule has 1 fully saturated rings. The number of amides is 1. The van der Waals surface area contributed by atoms with Gasteiger partial charge in [0.05, 0.1) is 17.2 Å². The Morgan fingerprint density at radius 2 is 2.12 bits per heavy atom. The van der Waals surface area contributed by atoms with Crippen molar-refractivity contribution in [3.05, 3.63) is 23.0 Å². The van der Waals surface area contributed by atoms with Gasteiger partial charge in [-0.05, 0) is 32.8 Å². The van der Waals surface area contributed by atoms with Crippen molar-refractivity contribution in [2.24, 2.45) is 7.05 Å². The molecule has 1 aliphatic heterocycles. The molecular weight excluding hydrogens is 326 g/mol. The molecule has 1 aromatic rings. The highest BCUT2D eigenvalue weighted by Crippen LogP contribution is 2.20. The Balaban J connectivity index is 2.17. The van der Waals surface area contributed by atoms with Crippen molar-refractivity contribution in [2.45, 2.75) is 46.1 Å². The van der Waals surface area contributed by atoms with Crippen molar-refractivity contribution in [1.29, 1.82) is 0 Å². The first-order chi connectivity index (χ1) is 11.2. The lowest BCUT2D eigenvalue weighted by atomic mass is 10.1. The van der Waals surface area contributed by atoms with Gasteiger partial charge < -0.3 is 4.90 Å². The van der Waals surface area contributed by atoms with E-state index in [1.54, 1.807) is 21.7 Å². The SMILES string of the molecule is CCCCN(C(=O)/C=C/c1c(C)nn(C)c1C)C1CCS(=O)(=O)C1. The molecule has 0 spiro atoms. The molecule has 0 aromatic carbocycles. The van der Waals surface area contributed by atoms with Crippen molar-refractivity contribution >= 4 is 21.8 Å². The van der Waals surface area contributed by atoms with Crippen LogP contribution in [0.5, 0.6) is 0 Å². The lowest BCUT2D eigenvalue weighted by Gasteiger charge is -2.27. The Morgan fingerprint density at radius 1 is 1.42 bits per heavy atom. The monoisotopic (exact) mass is 353 g/mol. The van der Waals surface area contributed by atoms with E-state index in [-0.39, 0.29) is 23.5 Å². The van der Waals surface area contributed by atoms with Gasteiger partial charge in [0, 0.05) is 37.0 Å². The van der Waals surface area contributed by atoms with Crippen LogP contribution in [-0.4, -0.2) is 53.1 Å². The number of carbonyl (C=O) groups is 1. The fourth-order valence-corrected chi connectivity index (χ4v) is 4.83. The Kier molecular flexibility index (Phi) is 5.85. The van der Waals surface area contributed by atoms with Gasteiger partial charge in [0.15, 0.2) is 9.84 Å². The fourth-order valence-electron chi connectivity index (χ4n) is 3.10. The highest BCUT2D eigenvalue weighted by molar-refractivity contribution is 7.91. The number of aryl methyl sites for hydroxylation is 2. The van der Waals surface area contributed by atoms with Crippen molar-refractivity contribution in [3.63, 3.8) is 0 Å². The summed E-state index contributed by atoms with van der Waals surface area (Å²) in [6.07, 6.45) is 5.73. The summed E-state index contributed by atoms with van der Waals surface area (Å²) in [5.74, 6) is 0.146. The summed E-state index contributed by atoms with van der Waals surface area (Å²) in [7, 11) is -1.13. The molecule has 7 heteroatoms. The first-order valence-corrected chi connectivity index (χ1v) is 10.3. The number of carbonyl (C=O) groups excluding carboxylic acids is 1. The molecule has 0 aliphatic carbocycles. The van der Waals surface area contributed by atoms with Gasteiger partial charge in [-0.25, -0.2) is 8.42 Å². The number of hydrogen-bond acceptors (Lipinski definition) is 4. The number of unbranched alkanes of at least 4 members (excludes halogenated alkanes) is 1. The van der Waals surface area contributed by atoms with E-state index in [4.69, 9.17) is 0 Å². The molecule has 0 bridgehead atoms. The van der Waals surface area contributed by atoms with Crippen LogP contribution in [0, 0.1) is 13.8 Å². The first kappa shape index (κ1) is 18.7. The van der Waals surface area contributed by atoms with Crippen molar-refractivity contribution in [3.8, 4) is 0 Å². The molecule has 1 aromatic heterocycles. The molecule has 1 atom stereocenters. The molecule has 2 heterocycles. The summed E-state index contributed by atoms with van der Waals surface area (Å²) < 4.78 is 25.3. The molecule has 24 heavy (non-hydrogen) atoms. The zero-order chi connectivity index (χ0) is 17.9. The number of nitrogens with zero attached hydrogens (tertiary/aromatic N) is 3. The molecule has 1 saturated heterocycles. The molecule has 1 aliphatic rings. The number of rotatable bonds is 6. The van der Waals surface area contributed by atoms with Gasteiger partial charge in [0.25, 0.3) is 0 Å². The third kappa shape index (κ3) is 4.26. The largest absolute Gasteiger partial charge is 0.335 e. The van der Waals surface area contributed by atoms with E-state index in [2.05, 4.69) is 12.0 Å². The minimum absolute atomic E-state index is 0.0846. The summed E-state index contributed by atoms with van der Waals surface area (Å²) in [6, 6.07) is -0.199. The number of hydrogen-bond donors (Lipinski definition) is 0. The maximum atomic E-state index is 12.7. The van der Waals surface area contributed by atoms with E-state index < -0.39 is 9.84 Å². The highest BCUT2D eigenvalue weighted by atomic mass is 32.2. The Hall–Kier alpha value is -1.63. The van der Waals surface area contributed by atoms with Crippen LogP contribution in [0.25, 0.3) is 6.08 Å². The van der Waals surface area contributed by atoms with Gasteiger partial charge in [-0.3, -0.25) is 9.48 Å². The van der Waals surface area contributed by atoms with Gasteiger partial charge in [-0.15, -0.1) is 0 Å². The number of aromatic nitrogens is 2. The molecule has 0 radical (unpaired) electrons.